The number of hydrogen-bond donors (Lipinski definition) is 2. The van der Waals surface area contributed by atoms with E-state index in [1.165, 1.54) is 18.0 Å². The first-order valence-electron chi connectivity index (χ1n) is 6.49. The van der Waals surface area contributed by atoms with E-state index in [4.69, 9.17) is 16.3 Å². The summed E-state index contributed by atoms with van der Waals surface area (Å²) in [5.41, 5.74) is 0.817. The van der Waals surface area contributed by atoms with E-state index in [1.807, 2.05) is 0 Å². The van der Waals surface area contributed by atoms with Gasteiger partial charge in [0.25, 0.3) is 0 Å². The van der Waals surface area contributed by atoms with Crippen LogP contribution in [0, 0.1) is 0 Å². The standard InChI is InChI=1S/C14H14ClN3O3S/c1-2-21-13(20)11-7-16-14(18-11)22-8-12(19)17-10-6-4-3-5-9(10)15/h3-7H,2,8H2,1H3,(H,16,18)(H,17,19). The van der Waals surface area contributed by atoms with E-state index in [0.717, 1.165) is 0 Å². The van der Waals surface area contributed by atoms with E-state index in [-0.39, 0.29) is 17.4 Å². The first-order chi connectivity index (χ1) is 10.6. The van der Waals surface area contributed by atoms with Gasteiger partial charge in [0, 0.05) is 0 Å². The first kappa shape index (κ1) is 16.4. The molecular formula is C14H14ClN3O3S. The van der Waals surface area contributed by atoms with Crippen LogP contribution in [0.3, 0.4) is 0 Å². The average Bonchev–Trinajstić information content (AvgIpc) is 2.97. The Bertz CT molecular complexity index is 675. The van der Waals surface area contributed by atoms with E-state index in [2.05, 4.69) is 15.3 Å². The number of carbonyl (C=O) groups excluding carboxylic acids is 2. The Morgan fingerprint density at radius 2 is 2.18 bits per heavy atom. The van der Waals surface area contributed by atoms with Gasteiger partial charge in [-0.25, -0.2) is 9.78 Å². The van der Waals surface area contributed by atoms with Gasteiger partial charge in [0.05, 0.1) is 29.3 Å². The molecule has 8 heteroatoms. The van der Waals surface area contributed by atoms with E-state index >= 15 is 0 Å². The predicted octanol–water partition coefficient (Wildman–Crippen LogP) is 2.97. The number of aromatic nitrogens is 2. The van der Waals surface area contributed by atoms with Gasteiger partial charge in [0.1, 0.15) is 5.69 Å². The van der Waals surface area contributed by atoms with E-state index in [9.17, 15) is 9.59 Å². The molecule has 1 aromatic carbocycles. The fourth-order valence-electron chi connectivity index (χ4n) is 1.57. The molecule has 2 aromatic rings. The van der Waals surface area contributed by atoms with Gasteiger partial charge in [0.15, 0.2) is 5.16 Å². The predicted molar refractivity (Wildman–Crippen MR) is 85.3 cm³/mol. The Morgan fingerprint density at radius 1 is 1.41 bits per heavy atom. The van der Waals surface area contributed by atoms with Crippen molar-refractivity contribution in [1.82, 2.24) is 9.97 Å². The maximum Gasteiger partial charge on any atom is 0.356 e. The summed E-state index contributed by atoms with van der Waals surface area (Å²) in [6, 6.07) is 6.98. The van der Waals surface area contributed by atoms with Crippen molar-refractivity contribution in [1.29, 1.82) is 0 Å². The molecule has 1 heterocycles. The van der Waals surface area contributed by atoms with E-state index in [0.29, 0.717) is 22.5 Å². The van der Waals surface area contributed by atoms with Gasteiger partial charge in [-0.3, -0.25) is 4.79 Å². The molecule has 0 unspecified atom stereocenters. The Labute approximate surface area is 136 Å². The molecule has 0 saturated carbocycles. The molecule has 1 amide bonds. The van der Waals surface area contributed by atoms with Crippen LogP contribution in [-0.2, 0) is 9.53 Å². The number of para-hydroxylation sites is 1. The number of nitrogens with zero attached hydrogens (tertiary/aromatic N) is 1. The monoisotopic (exact) mass is 339 g/mol. The summed E-state index contributed by atoms with van der Waals surface area (Å²) in [6.45, 7) is 2.02. The van der Waals surface area contributed by atoms with Crippen molar-refractivity contribution >= 4 is 40.9 Å². The lowest BCUT2D eigenvalue weighted by Crippen LogP contribution is -2.14. The van der Waals surface area contributed by atoms with Crippen LogP contribution in [0.25, 0.3) is 0 Å². The van der Waals surface area contributed by atoms with Crippen LogP contribution in [0.5, 0.6) is 0 Å². The fourth-order valence-corrected chi connectivity index (χ4v) is 2.40. The third kappa shape index (κ3) is 4.51. The Kier molecular flexibility index (Phi) is 5.85. The summed E-state index contributed by atoms with van der Waals surface area (Å²) in [4.78, 5) is 30.2. The lowest BCUT2D eigenvalue weighted by Gasteiger charge is -2.05. The minimum atomic E-state index is -0.470. The molecule has 2 rings (SSSR count). The molecule has 1 aromatic heterocycles. The highest BCUT2D eigenvalue weighted by Gasteiger charge is 2.12. The number of aromatic amines is 1. The Morgan fingerprint density at radius 3 is 2.91 bits per heavy atom. The summed E-state index contributed by atoms with van der Waals surface area (Å²) in [7, 11) is 0. The normalized spacial score (nSPS) is 10.3. The summed E-state index contributed by atoms with van der Waals surface area (Å²) in [6.07, 6.45) is 1.38. The van der Waals surface area contributed by atoms with Crippen molar-refractivity contribution in [3.8, 4) is 0 Å². The number of esters is 1. The third-order valence-corrected chi connectivity index (χ3v) is 3.75. The van der Waals surface area contributed by atoms with Crippen molar-refractivity contribution < 1.29 is 14.3 Å². The zero-order chi connectivity index (χ0) is 15.9. The minimum Gasteiger partial charge on any atom is -0.461 e. The quantitative estimate of drug-likeness (QED) is 0.624. The van der Waals surface area contributed by atoms with Gasteiger partial charge in [-0.05, 0) is 19.1 Å². The Balaban J connectivity index is 1.86. The van der Waals surface area contributed by atoms with Gasteiger partial charge < -0.3 is 15.0 Å². The highest BCUT2D eigenvalue weighted by molar-refractivity contribution is 7.99. The largest absolute Gasteiger partial charge is 0.461 e. The van der Waals surface area contributed by atoms with Crippen LogP contribution in [-0.4, -0.2) is 34.2 Å². The second-order valence-corrected chi connectivity index (χ2v) is 5.51. The molecule has 0 aliphatic carbocycles. The molecule has 22 heavy (non-hydrogen) atoms. The summed E-state index contributed by atoms with van der Waals surface area (Å²) < 4.78 is 4.85. The molecule has 2 N–H and O–H groups in total. The number of rotatable bonds is 6. The van der Waals surface area contributed by atoms with Gasteiger partial charge in [-0.15, -0.1) is 0 Å². The molecule has 6 nitrogen and oxygen atoms in total. The molecular weight excluding hydrogens is 326 g/mol. The number of nitrogens with one attached hydrogen (secondary N) is 2. The number of H-pyrrole nitrogens is 1. The van der Waals surface area contributed by atoms with Crippen molar-refractivity contribution in [2.75, 3.05) is 17.7 Å². The lowest BCUT2D eigenvalue weighted by molar-refractivity contribution is -0.113. The van der Waals surface area contributed by atoms with Gasteiger partial charge >= 0.3 is 5.97 Å². The highest BCUT2D eigenvalue weighted by atomic mass is 35.5. The number of benzene rings is 1. The van der Waals surface area contributed by atoms with Crippen LogP contribution in [0.2, 0.25) is 5.02 Å². The number of amides is 1. The zero-order valence-electron chi connectivity index (χ0n) is 11.8. The molecule has 0 atom stereocenters. The fraction of sp³-hybridized carbons (Fsp3) is 0.214. The van der Waals surface area contributed by atoms with Gasteiger partial charge in [0.2, 0.25) is 5.91 Å². The lowest BCUT2D eigenvalue weighted by atomic mass is 10.3. The zero-order valence-corrected chi connectivity index (χ0v) is 13.3. The smallest absolute Gasteiger partial charge is 0.356 e. The molecule has 0 aliphatic rings. The van der Waals surface area contributed by atoms with Crippen molar-refractivity contribution in [2.24, 2.45) is 0 Å². The van der Waals surface area contributed by atoms with Crippen LogP contribution >= 0.6 is 23.4 Å². The van der Waals surface area contributed by atoms with Crippen LogP contribution in [0.1, 0.15) is 17.4 Å². The molecule has 0 spiro atoms. The van der Waals surface area contributed by atoms with Crippen molar-refractivity contribution in [3.05, 3.63) is 41.2 Å². The molecule has 116 valence electrons. The number of ether oxygens (including phenoxy) is 1. The molecule has 0 fully saturated rings. The van der Waals surface area contributed by atoms with Crippen LogP contribution in [0.4, 0.5) is 5.69 Å². The third-order valence-electron chi connectivity index (χ3n) is 2.54. The second-order valence-electron chi connectivity index (χ2n) is 4.14. The minimum absolute atomic E-state index is 0.140. The van der Waals surface area contributed by atoms with Crippen molar-refractivity contribution in [3.63, 3.8) is 0 Å². The topological polar surface area (TPSA) is 84.1 Å². The SMILES string of the molecule is CCOC(=O)c1cnc(SCC(=O)Nc2ccccc2Cl)[nH]1. The number of imidazole rings is 1. The van der Waals surface area contributed by atoms with Gasteiger partial charge in [-0.1, -0.05) is 35.5 Å². The summed E-state index contributed by atoms with van der Waals surface area (Å²) in [5, 5.41) is 3.65. The average molecular weight is 340 g/mol. The molecule has 0 radical (unpaired) electrons. The molecule has 0 bridgehead atoms. The number of anilines is 1. The molecule has 0 aliphatic heterocycles. The number of carbonyl (C=O) groups is 2. The number of thioether (sulfide) groups is 1. The first-order valence-corrected chi connectivity index (χ1v) is 7.85. The summed E-state index contributed by atoms with van der Waals surface area (Å²) >= 11 is 7.14. The second kappa shape index (κ2) is 7.86. The maximum atomic E-state index is 11.9. The van der Waals surface area contributed by atoms with Crippen molar-refractivity contribution in [2.45, 2.75) is 12.1 Å². The number of hydrogen-bond acceptors (Lipinski definition) is 5. The van der Waals surface area contributed by atoms with E-state index < -0.39 is 5.97 Å². The number of halogens is 1. The van der Waals surface area contributed by atoms with E-state index in [1.54, 1.807) is 31.2 Å². The maximum absolute atomic E-state index is 11.9. The van der Waals surface area contributed by atoms with Gasteiger partial charge in [-0.2, -0.15) is 0 Å². The molecule has 0 saturated heterocycles. The summed E-state index contributed by atoms with van der Waals surface area (Å²) in [5.74, 6) is -0.546. The Hall–Kier alpha value is -1.99. The van der Waals surface area contributed by atoms with Crippen LogP contribution < -0.4 is 5.32 Å². The van der Waals surface area contributed by atoms with Crippen LogP contribution in [0.15, 0.2) is 35.6 Å². The highest BCUT2D eigenvalue weighted by Crippen LogP contribution is 2.21.